The number of carbonyl (C=O) groups is 1. The van der Waals surface area contributed by atoms with Crippen LogP contribution in [0.4, 0.5) is 5.82 Å². The maximum absolute atomic E-state index is 10.4. The average molecular weight is 296 g/mol. The van der Waals surface area contributed by atoms with Gasteiger partial charge >= 0.3 is 5.97 Å². The molecule has 0 saturated heterocycles. The Kier molecular flexibility index (Phi) is 3.53. The quantitative estimate of drug-likeness (QED) is 0.905. The predicted molar refractivity (Wildman–Crippen MR) is 68.0 cm³/mol. The van der Waals surface area contributed by atoms with Crippen LogP contribution >= 0.6 is 15.9 Å². The van der Waals surface area contributed by atoms with Gasteiger partial charge in [0.15, 0.2) is 0 Å². The van der Waals surface area contributed by atoms with Crippen LogP contribution in [0.5, 0.6) is 0 Å². The van der Waals surface area contributed by atoms with Crippen molar-refractivity contribution in [2.24, 2.45) is 0 Å². The van der Waals surface area contributed by atoms with E-state index in [4.69, 9.17) is 5.11 Å². The Morgan fingerprint density at radius 2 is 2.24 bits per heavy atom. The first-order valence-corrected chi connectivity index (χ1v) is 5.82. The zero-order valence-electron chi connectivity index (χ0n) is 8.85. The Morgan fingerprint density at radius 1 is 1.41 bits per heavy atom. The highest BCUT2D eigenvalue weighted by atomic mass is 79.9. The van der Waals surface area contributed by atoms with Crippen molar-refractivity contribution in [1.29, 1.82) is 0 Å². The largest absolute Gasteiger partial charge is 0.481 e. The van der Waals surface area contributed by atoms with Crippen molar-refractivity contribution in [3.63, 3.8) is 0 Å². The number of rotatable bonds is 4. The monoisotopic (exact) mass is 295 g/mol. The van der Waals surface area contributed by atoms with Crippen molar-refractivity contribution < 1.29 is 9.90 Å². The molecule has 0 radical (unpaired) electrons. The van der Waals surface area contributed by atoms with Gasteiger partial charge in [-0.2, -0.15) is 0 Å². The Morgan fingerprint density at radius 3 is 3.00 bits per heavy atom. The van der Waals surface area contributed by atoms with Gasteiger partial charge in [0.2, 0.25) is 0 Å². The van der Waals surface area contributed by atoms with Gasteiger partial charge in [0.25, 0.3) is 0 Å². The molecule has 88 valence electrons. The molecule has 0 fully saturated rings. The zero-order valence-corrected chi connectivity index (χ0v) is 10.4. The van der Waals surface area contributed by atoms with Crippen molar-refractivity contribution in [3.8, 4) is 0 Å². The number of carboxylic acid groups (broad SMARTS) is 1. The molecule has 2 rings (SSSR count). The number of nitrogens with zero attached hydrogens (tertiary/aromatic N) is 2. The molecule has 0 bridgehead atoms. The lowest BCUT2D eigenvalue weighted by atomic mass is 10.2. The Labute approximate surface area is 106 Å². The summed E-state index contributed by atoms with van der Waals surface area (Å²) in [5.41, 5.74) is 0.820. The summed E-state index contributed by atoms with van der Waals surface area (Å²) in [6.45, 7) is 0.341. The van der Waals surface area contributed by atoms with E-state index in [1.807, 2.05) is 18.2 Å². The van der Waals surface area contributed by atoms with E-state index in [0.717, 1.165) is 15.4 Å². The summed E-state index contributed by atoms with van der Waals surface area (Å²) in [4.78, 5) is 18.7. The van der Waals surface area contributed by atoms with Crippen molar-refractivity contribution in [2.45, 2.75) is 6.42 Å². The number of fused-ring (bicyclic) bond motifs is 1. The first-order chi connectivity index (χ1) is 8.16. The molecule has 2 N–H and O–H groups in total. The number of anilines is 1. The van der Waals surface area contributed by atoms with Crippen LogP contribution in [0.3, 0.4) is 0 Å². The van der Waals surface area contributed by atoms with E-state index in [1.165, 1.54) is 6.33 Å². The molecule has 0 amide bonds. The second-order valence-corrected chi connectivity index (χ2v) is 4.37. The number of aromatic nitrogens is 2. The molecular formula is C11H10BrN3O2. The smallest absolute Gasteiger partial charge is 0.305 e. The van der Waals surface area contributed by atoms with E-state index >= 15 is 0 Å². The average Bonchev–Trinajstić information content (AvgIpc) is 2.29. The molecule has 1 heterocycles. The maximum atomic E-state index is 10.4. The first-order valence-electron chi connectivity index (χ1n) is 5.03. The molecule has 0 spiro atoms. The number of carboxylic acids is 1. The fourth-order valence-corrected chi connectivity index (χ4v) is 1.82. The van der Waals surface area contributed by atoms with Gasteiger partial charge in [-0.25, -0.2) is 9.97 Å². The molecule has 2 aromatic rings. The zero-order chi connectivity index (χ0) is 12.3. The van der Waals surface area contributed by atoms with E-state index in [-0.39, 0.29) is 6.42 Å². The summed E-state index contributed by atoms with van der Waals surface area (Å²) < 4.78 is 0.932. The molecule has 0 unspecified atom stereocenters. The number of halogens is 1. The normalized spacial score (nSPS) is 10.4. The molecule has 0 aliphatic carbocycles. The van der Waals surface area contributed by atoms with Crippen molar-refractivity contribution >= 4 is 38.6 Å². The van der Waals surface area contributed by atoms with Gasteiger partial charge in [0.1, 0.15) is 12.1 Å². The molecule has 0 saturated carbocycles. The van der Waals surface area contributed by atoms with Gasteiger partial charge in [-0.05, 0) is 18.2 Å². The SMILES string of the molecule is O=C(O)CCNc1ncnc2ccc(Br)cc12. The first kappa shape index (κ1) is 11.8. The molecule has 1 aromatic carbocycles. The van der Waals surface area contributed by atoms with Crippen molar-refractivity contribution in [3.05, 3.63) is 29.0 Å². The fraction of sp³-hybridized carbons (Fsp3) is 0.182. The third-order valence-electron chi connectivity index (χ3n) is 2.23. The van der Waals surface area contributed by atoms with E-state index < -0.39 is 5.97 Å². The maximum Gasteiger partial charge on any atom is 0.305 e. The van der Waals surface area contributed by atoms with Gasteiger partial charge in [-0.15, -0.1) is 0 Å². The van der Waals surface area contributed by atoms with Crippen molar-refractivity contribution in [2.75, 3.05) is 11.9 Å². The van der Waals surface area contributed by atoms with Crippen LogP contribution < -0.4 is 5.32 Å². The fourth-order valence-electron chi connectivity index (χ4n) is 1.46. The molecule has 0 atom stereocenters. The van der Waals surface area contributed by atoms with E-state index in [1.54, 1.807) is 0 Å². The highest BCUT2D eigenvalue weighted by Gasteiger charge is 2.04. The van der Waals surface area contributed by atoms with Gasteiger partial charge in [-0.3, -0.25) is 4.79 Å². The minimum Gasteiger partial charge on any atom is -0.481 e. The molecule has 5 nitrogen and oxygen atoms in total. The number of hydrogen-bond acceptors (Lipinski definition) is 4. The van der Waals surface area contributed by atoms with E-state index in [0.29, 0.717) is 12.4 Å². The van der Waals surface area contributed by atoms with Gasteiger partial charge in [-0.1, -0.05) is 15.9 Å². The van der Waals surface area contributed by atoms with Crippen LogP contribution in [0.1, 0.15) is 6.42 Å². The number of nitrogens with one attached hydrogen (secondary N) is 1. The Balaban J connectivity index is 2.27. The molecule has 6 heteroatoms. The van der Waals surface area contributed by atoms with Gasteiger partial charge in [0, 0.05) is 16.4 Å². The summed E-state index contributed by atoms with van der Waals surface area (Å²) in [6, 6.07) is 5.68. The molecule has 0 aliphatic rings. The summed E-state index contributed by atoms with van der Waals surface area (Å²) in [7, 11) is 0. The Hall–Kier alpha value is -1.69. The predicted octanol–water partition coefficient (Wildman–Crippen LogP) is 2.28. The van der Waals surface area contributed by atoms with Crippen LogP contribution in [0.2, 0.25) is 0 Å². The number of aliphatic carboxylic acids is 1. The summed E-state index contributed by atoms with van der Waals surface area (Å²) in [6.07, 6.45) is 1.51. The van der Waals surface area contributed by atoms with Crippen LogP contribution in [0.15, 0.2) is 29.0 Å². The molecule has 1 aromatic heterocycles. The second kappa shape index (κ2) is 5.09. The highest BCUT2D eigenvalue weighted by molar-refractivity contribution is 9.10. The number of benzene rings is 1. The Bertz CT molecular complexity index is 559. The van der Waals surface area contributed by atoms with Crippen LogP contribution in [0.25, 0.3) is 10.9 Å². The van der Waals surface area contributed by atoms with Crippen LogP contribution in [-0.4, -0.2) is 27.6 Å². The minimum atomic E-state index is -0.836. The van der Waals surface area contributed by atoms with Crippen LogP contribution in [-0.2, 0) is 4.79 Å². The topological polar surface area (TPSA) is 75.1 Å². The standard InChI is InChI=1S/C11H10BrN3O2/c12-7-1-2-9-8(5-7)11(15-6-14-9)13-4-3-10(16)17/h1-2,5-6H,3-4H2,(H,16,17)(H,13,14,15). The third-order valence-corrected chi connectivity index (χ3v) is 2.72. The van der Waals surface area contributed by atoms with Gasteiger partial charge < -0.3 is 10.4 Å². The van der Waals surface area contributed by atoms with Crippen molar-refractivity contribution in [1.82, 2.24) is 9.97 Å². The molecular weight excluding hydrogens is 286 g/mol. The van der Waals surface area contributed by atoms with Crippen LogP contribution in [0, 0.1) is 0 Å². The lowest BCUT2D eigenvalue weighted by Gasteiger charge is -2.07. The number of hydrogen-bond donors (Lipinski definition) is 2. The lowest BCUT2D eigenvalue weighted by Crippen LogP contribution is -2.09. The van der Waals surface area contributed by atoms with E-state index in [2.05, 4.69) is 31.2 Å². The molecule has 0 aliphatic heterocycles. The van der Waals surface area contributed by atoms with Gasteiger partial charge in [0.05, 0.1) is 11.9 Å². The lowest BCUT2D eigenvalue weighted by molar-refractivity contribution is -0.136. The second-order valence-electron chi connectivity index (χ2n) is 3.45. The molecule has 17 heavy (non-hydrogen) atoms. The third kappa shape index (κ3) is 2.91. The minimum absolute atomic E-state index is 0.0551. The summed E-state index contributed by atoms with van der Waals surface area (Å²) >= 11 is 3.38. The summed E-state index contributed by atoms with van der Waals surface area (Å²) in [5.74, 6) is -0.186. The van der Waals surface area contributed by atoms with E-state index in [9.17, 15) is 4.79 Å². The summed E-state index contributed by atoms with van der Waals surface area (Å²) in [5, 5.41) is 12.4. The highest BCUT2D eigenvalue weighted by Crippen LogP contribution is 2.23.